The maximum Gasteiger partial charge on any atom is 0.408 e. The molecule has 182 valence electrons. The molecule has 0 spiro atoms. The standard InChI is InChI=1S/C24H32N6O3S/c1-24(2,3)30(23(32)33)17-12-9-13-28(15-17)21-25-19-18(20(31)27(4)22(26-19)34-5)29(21)14-16-10-7-6-8-11-16/h6-8,10-11,17H,9,12-15H2,1-5H3,(H,32,33). The lowest BCUT2D eigenvalue weighted by molar-refractivity contribution is 0.0646. The fourth-order valence-electron chi connectivity index (χ4n) is 4.81. The highest BCUT2D eigenvalue weighted by atomic mass is 32.2. The van der Waals surface area contributed by atoms with E-state index < -0.39 is 11.6 Å². The second kappa shape index (κ2) is 9.32. The minimum atomic E-state index is -0.919. The molecule has 1 aliphatic heterocycles. The number of amides is 1. The van der Waals surface area contributed by atoms with Crippen LogP contribution in [-0.2, 0) is 13.6 Å². The van der Waals surface area contributed by atoms with E-state index in [0.29, 0.717) is 35.4 Å². The number of fused-ring (bicyclic) bond motifs is 1. The number of nitrogens with zero attached hydrogens (tertiary/aromatic N) is 6. The molecule has 1 N–H and O–H groups in total. The highest BCUT2D eigenvalue weighted by molar-refractivity contribution is 7.98. The molecule has 0 aliphatic carbocycles. The summed E-state index contributed by atoms with van der Waals surface area (Å²) in [7, 11) is 1.73. The van der Waals surface area contributed by atoms with Crippen LogP contribution in [0.5, 0.6) is 0 Å². The first kappa shape index (κ1) is 24.1. The molecule has 0 radical (unpaired) electrons. The monoisotopic (exact) mass is 484 g/mol. The van der Waals surface area contributed by atoms with Crippen molar-refractivity contribution in [3.05, 3.63) is 46.2 Å². The summed E-state index contributed by atoms with van der Waals surface area (Å²) in [6, 6.07) is 9.78. The third kappa shape index (κ3) is 4.51. The minimum Gasteiger partial charge on any atom is -0.465 e. The van der Waals surface area contributed by atoms with Gasteiger partial charge in [0.15, 0.2) is 16.3 Å². The van der Waals surface area contributed by atoms with E-state index in [9.17, 15) is 14.7 Å². The zero-order valence-corrected chi connectivity index (χ0v) is 21.2. The molecule has 10 heteroatoms. The normalized spacial score (nSPS) is 16.7. The molecule has 0 saturated carbocycles. The van der Waals surface area contributed by atoms with Crippen LogP contribution in [-0.4, -0.2) is 66.1 Å². The lowest BCUT2D eigenvalue weighted by atomic mass is 9.98. The van der Waals surface area contributed by atoms with Crippen LogP contribution in [0.2, 0.25) is 0 Å². The zero-order valence-electron chi connectivity index (χ0n) is 20.4. The van der Waals surface area contributed by atoms with Gasteiger partial charge in [0.1, 0.15) is 0 Å². The van der Waals surface area contributed by atoms with E-state index in [2.05, 4.69) is 9.88 Å². The van der Waals surface area contributed by atoms with Crippen molar-refractivity contribution >= 4 is 35.0 Å². The summed E-state index contributed by atoms with van der Waals surface area (Å²) in [4.78, 5) is 38.6. The molecule has 3 aromatic rings. The molecule has 1 saturated heterocycles. The molecular weight excluding hydrogens is 452 g/mol. The van der Waals surface area contributed by atoms with Gasteiger partial charge >= 0.3 is 6.09 Å². The van der Waals surface area contributed by atoms with Crippen LogP contribution in [0.25, 0.3) is 11.2 Å². The summed E-state index contributed by atoms with van der Waals surface area (Å²) in [6.45, 7) is 7.48. The largest absolute Gasteiger partial charge is 0.465 e. The molecule has 1 unspecified atom stereocenters. The maximum absolute atomic E-state index is 13.4. The summed E-state index contributed by atoms with van der Waals surface area (Å²) >= 11 is 1.41. The molecule has 4 rings (SSSR count). The number of carboxylic acid groups (broad SMARTS) is 1. The molecule has 3 heterocycles. The van der Waals surface area contributed by atoms with Crippen molar-refractivity contribution in [3.8, 4) is 0 Å². The fourth-order valence-corrected chi connectivity index (χ4v) is 5.34. The van der Waals surface area contributed by atoms with Gasteiger partial charge in [-0.2, -0.15) is 4.98 Å². The summed E-state index contributed by atoms with van der Waals surface area (Å²) in [5, 5.41) is 10.5. The van der Waals surface area contributed by atoms with Gasteiger partial charge < -0.3 is 10.0 Å². The predicted molar refractivity (Wildman–Crippen MR) is 135 cm³/mol. The zero-order chi connectivity index (χ0) is 24.6. The van der Waals surface area contributed by atoms with Crippen LogP contribution in [0.4, 0.5) is 10.7 Å². The van der Waals surface area contributed by atoms with Crippen LogP contribution in [0.3, 0.4) is 0 Å². The van der Waals surface area contributed by atoms with Gasteiger partial charge in [-0.25, -0.2) is 9.78 Å². The maximum atomic E-state index is 13.4. The van der Waals surface area contributed by atoms with Crippen molar-refractivity contribution in [1.29, 1.82) is 0 Å². The van der Waals surface area contributed by atoms with Crippen molar-refractivity contribution in [2.75, 3.05) is 24.2 Å². The first-order valence-electron chi connectivity index (χ1n) is 11.4. The molecule has 1 aliphatic rings. The topological polar surface area (TPSA) is 96.5 Å². The Hall–Kier alpha value is -3.01. The number of aromatic nitrogens is 4. The molecule has 1 aromatic carbocycles. The first-order chi connectivity index (χ1) is 16.1. The second-order valence-corrected chi connectivity index (χ2v) is 10.5. The van der Waals surface area contributed by atoms with Crippen molar-refractivity contribution in [1.82, 2.24) is 24.0 Å². The number of rotatable bonds is 5. The van der Waals surface area contributed by atoms with Gasteiger partial charge in [-0.15, -0.1) is 0 Å². The van der Waals surface area contributed by atoms with Gasteiger partial charge in [0.2, 0.25) is 5.95 Å². The SMILES string of the molecule is CSc1nc2nc(N3CCCC(N(C(=O)O)C(C)(C)C)C3)n(Cc3ccccc3)c2c(=O)n1C. The average Bonchev–Trinajstić information content (AvgIpc) is 3.14. The van der Waals surface area contributed by atoms with Gasteiger partial charge in [-0.05, 0) is 45.4 Å². The molecule has 9 nitrogen and oxygen atoms in total. The highest BCUT2D eigenvalue weighted by Gasteiger charge is 2.37. The smallest absolute Gasteiger partial charge is 0.408 e. The van der Waals surface area contributed by atoms with Gasteiger partial charge in [0.25, 0.3) is 5.56 Å². The van der Waals surface area contributed by atoms with E-state index in [1.165, 1.54) is 11.8 Å². The molecule has 0 bridgehead atoms. The number of benzene rings is 1. The molecular formula is C24H32N6O3S. The van der Waals surface area contributed by atoms with Crippen molar-refractivity contribution < 1.29 is 9.90 Å². The van der Waals surface area contributed by atoms with Gasteiger partial charge in [0, 0.05) is 25.7 Å². The molecule has 34 heavy (non-hydrogen) atoms. The Labute approximate surface area is 203 Å². The number of hydrogen-bond donors (Lipinski definition) is 1. The third-order valence-corrected chi connectivity index (χ3v) is 6.99. The van der Waals surface area contributed by atoms with Crippen LogP contribution in [0, 0.1) is 0 Å². The molecule has 1 amide bonds. The predicted octanol–water partition coefficient (Wildman–Crippen LogP) is 3.65. The Morgan fingerprint density at radius 3 is 2.56 bits per heavy atom. The van der Waals surface area contributed by atoms with E-state index in [0.717, 1.165) is 24.9 Å². The Kier molecular flexibility index (Phi) is 6.62. The minimum absolute atomic E-state index is 0.139. The second-order valence-electron chi connectivity index (χ2n) is 9.68. The van der Waals surface area contributed by atoms with Gasteiger partial charge in [-0.3, -0.25) is 18.8 Å². The van der Waals surface area contributed by atoms with E-state index in [-0.39, 0.29) is 11.6 Å². The van der Waals surface area contributed by atoms with Crippen LogP contribution >= 0.6 is 11.8 Å². The van der Waals surface area contributed by atoms with E-state index in [1.54, 1.807) is 16.5 Å². The van der Waals surface area contributed by atoms with Crippen molar-refractivity contribution in [2.45, 2.75) is 56.9 Å². The number of hydrogen-bond acceptors (Lipinski definition) is 6. The molecule has 2 aromatic heterocycles. The van der Waals surface area contributed by atoms with Gasteiger partial charge in [0.05, 0.1) is 12.6 Å². The number of thioether (sulfide) groups is 1. The van der Waals surface area contributed by atoms with Gasteiger partial charge in [-0.1, -0.05) is 42.1 Å². The highest BCUT2D eigenvalue weighted by Crippen LogP contribution is 2.29. The van der Waals surface area contributed by atoms with E-state index in [4.69, 9.17) is 4.98 Å². The number of imidazole rings is 1. The van der Waals surface area contributed by atoms with E-state index in [1.807, 2.05) is 61.9 Å². The Morgan fingerprint density at radius 2 is 1.94 bits per heavy atom. The van der Waals surface area contributed by atoms with Crippen LogP contribution in [0.1, 0.15) is 39.2 Å². The third-order valence-electron chi connectivity index (χ3n) is 6.26. The summed E-state index contributed by atoms with van der Waals surface area (Å²) in [5.41, 5.74) is 1.28. The molecule has 1 fully saturated rings. The summed E-state index contributed by atoms with van der Waals surface area (Å²) < 4.78 is 3.50. The Bertz CT molecular complexity index is 1250. The van der Waals surface area contributed by atoms with Crippen LogP contribution in [0.15, 0.2) is 40.3 Å². The molecule has 1 atom stereocenters. The van der Waals surface area contributed by atoms with Crippen LogP contribution < -0.4 is 10.5 Å². The van der Waals surface area contributed by atoms with Crippen molar-refractivity contribution in [3.63, 3.8) is 0 Å². The average molecular weight is 485 g/mol. The Morgan fingerprint density at radius 1 is 1.24 bits per heavy atom. The summed E-state index contributed by atoms with van der Waals surface area (Å²) in [5.74, 6) is 0.658. The summed E-state index contributed by atoms with van der Waals surface area (Å²) in [6.07, 6.45) is 2.59. The van der Waals surface area contributed by atoms with E-state index >= 15 is 0 Å². The quantitative estimate of drug-likeness (QED) is 0.436. The lowest BCUT2D eigenvalue weighted by Crippen LogP contribution is -2.57. The van der Waals surface area contributed by atoms with Crippen molar-refractivity contribution in [2.24, 2.45) is 7.05 Å². The first-order valence-corrected chi connectivity index (χ1v) is 12.7. The Balaban J connectivity index is 1.82. The number of piperidine rings is 1. The number of anilines is 1. The lowest BCUT2D eigenvalue weighted by Gasteiger charge is -2.44. The number of carbonyl (C=O) groups is 1. The fraction of sp³-hybridized carbons (Fsp3) is 0.500.